The number of hydrogen-bond acceptors (Lipinski definition) is 3. The van der Waals surface area contributed by atoms with E-state index in [4.69, 9.17) is 10.4 Å². The van der Waals surface area contributed by atoms with E-state index < -0.39 is 13.0 Å². The summed E-state index contributed by atoms with van der Waals surface area (Å²) in [5.41, 5.74) is -0.258. The van der Waals surface area contributed by atoms with Crippen LogP contribution in [0.4, 0.5) is 8.78 Å². The van der Waals surface area contributed by atoms with Gasteiger partial charge in [-0.05, 0) is 28.7 Å². The molecular formula is C8H5F2IN2O. The van der Waals surface area contributed by atoms with Crippen molar-refractivity contribution in [3.05, 3.63) is 26.6 Å². The first-order chi connectivity index (χ1) is 6.60. The lowest BCUT2D eigenvalue weighted by molar-refractivity contribution is 0.149. The lowest BCUT2D eigenvalue weighted by Gasteiger charge is -2.07. The molecule has 14 heavy (non-hydrogen) atoms. The maximum absolute atomic E-state index is 12.4. The van der Waals surface area contributed by atoms with Crippen LogP contribution in [-0.2, 0) is 6.61 Å². The largest absolute Gasteiger partial charge is 0.390 e. The molecule has 0 amide bonds. The Labute approximate surface area is 92.5 Å². The van der Waals surface area contributed by atoms with Crippen LogP contribution in [0, 0.1) is 14.9 Å². The highest BCUT2D eigenvalue weighted by Crippen LogP contribution is 2.26. The third-order valence-electron chi connectivity index (χ3n) is 1.55. The average molecular weight is 310 g/mol. The Morgan fingerprint density at radius 3 is 2.71 bits per heavy atom. The molecule has 3 nitrogen and oxygen atoms in total. The highest BCUT2D eigenvalue weighted by atomic mass is 127. The van der Waals surface area contributed by atoms with E-state index in [0.717, 1.165) is 6.07 Å². The molecule has 0 saturated heterocycles. The molecule has 0 aliphatic heterocycles. The first-order valence-electron chi connectivity index (χ1n) is 3.58. The molecule has 0 spiro atoms. The molecule has 0 atom stereocenters. The second-order valence-corrected chi connectivity index (χ2v) is 3.51. The van der Waals surface area contributed by atoms with Gasteiger partial charge in [0.1, 0.15) is 11.8 Å². The van der Waals surface area contributed by atoms with Crippen molar-refractivity contribution < 1.29 is 13.9 Å². The number of pyridine rings is 1. The van der Waals surface area contributed by atoms with Crippen LogP contribution in [-0.4, -0.2) is 10.1 Å². The molecule has 1 heterocycles. The first kappa shape index (κ1) is 11.3. The Morgan fingerprint density at radius 1 is 1.64 bits per heavy atom. The summed E-state index contributed by atoms with van der Waals surface area (Å²) in [5.74, 6) is 0. The smallest absolute Gasteiger partial charge is 0.265 e. The normalized spacial score (nSPS) is 10.3. The van der Waals surface area contributed by atoms with Gasteiger partial charge in [0.05, 0.1) is 12.3 Å². The van der Waals surface area contributed by atoms with E-state index >= 15 is 0 Å². The fraction of sp³-hybridized carbons (Fsp3) is 0.250. The van der Waals surface area contributed by atoms with Gasteiger partial charge in [0.15, 0.2) is 0 Å². The monoisotopic (exact) mass is 310 g/mol. The lowest BCUT2D eigenvalue weighted by Crippen LogP contribution is -2.02. The zero-order valence-corrected chi connectivity index (χ0v) is 8.99. The van der Waals surface area contributed by atoms with E-state index in [-0.39, 0.29) is 20.5 Å². The van der Waals surface area contributed by atoms with E-state index in [2.05, 4.69) is 4.98 Å². The third kappa shape index (κ3) is 2.16. The minimum Gasteiger partial charge on any atom is -0.390 e. The van der Waals surface area contributed by atoms with Gasteiger partial charge in [0, 0.05) is 9.13 Å². The van der Waals surface area contributed by atoms with Gasteiger partial charge in [-0.25, -0.2) is 13.8 Å². The van der Waals surface area contributed by atoms with Crippen LogP contribution in [0.3, 0.4) is 0 Å². The van der Waals surface area contributed by atoms with Crippen molar-refractivity contribution >= 4 is 22.6 Å². The van der Waals surface area contributed by atoms with Crippen LogP contribution >= 0.6 is 22.6 Å². The van der Waals surface area contributed by atoms with Gasteiger partial charge < -0.3 is 5.11 Å². The van der Waals surface area contributed by atoms with E-state index in [0.29, 0.717) is 0 Å². The summed E-state index contributed by atoms with van der Waals surface area (Å²) in [6, 6.07) is 2.70. The number of nitriles is 1. The van der Waals surface area contributed by atoms with Gasteiger partial charge in [-0.1, -0.05) is 0 Å². The topological polar surface area (TPSA) is 56.9 Å². The van der Waals surface area contributed by atoms with Crippen molar-refractivity contribution in [3.8, 4) is 6.07 Å². The second-order valence-electron chi connectivity index (χ2n) is 2.43. The molecule has 0 aliphatic carbocycles. The summed E-state index contributed by atoms with van der Waals surface area (Å²) in [6.07, 6.45) is -2.66. The number of aromatic nitrogens is 1. The number of nitrogens with zero attached hydrogens (tertiary/aromatic N) is 2. The van der Waals surface area contributed by atoms with Crippen molar-refractivity contribution in [2.75, 3.05) is 0 Å². The highest BCUT2D eigenvalue weighted by Gasteiger charge is 2.16. The molecule has 1 N–H and O–H groups in total. The summed E-state index contributed by atoms with van der Waals surface area (Å²) >= 11 is 1.68. The SMILES string of the molecule is N#Cc1cc(C(F)F)c(I)c(CO)n1. The zero-order chi connectivity index (χ0) is 10.7. The van der Waals surface area contributed by atoms with Crippen molar-refractivity contribution in [1.82, 2.24) is 4.98 Å². The Kier molecular flexibility index (Phi) is 3.71. The molecule has 1 rings (SSSR count). The molecule has 0 unspecified atom stereocenters. The van der Waals surface area contributed by atoms with E-state index in [1.54, 1.807) is 28.7 Å². The standard InChI is InChI=1S/C8H5F2IN2O/c9-8(10)5-1-4(2-12)13-6(3-14)7(5)11/h1,8,14H,3H2. The zero-order valence-electron chi connectivity index (χ0n) is 6.84. The average Bonchev–Trinajstić information content (AvgIpc) is 2.17. The van der Waals surface area contributed by atoms with Crippen LogP contribution < -0.4 is 0 Å². The fourth-order valence-electron chi connectivity index (χ4n) is 0.925. The Bertz CT molecular complexity index is 390. The predicted octanol–water partition coefficient (Wildman–Crippen LogP) is 1.99. The van der Waals surface area contributed by atoms with Gasteiger partial charge >= 0.3 is 0 Å². The number of alkyl halides is 2. The molecule has 74 valence electrons. The molecule has 1 aromatic rings. The van der Waals surface area contributed by atoms with Crippen LogP contribution in [0.5, 0.6) is 0 Å². The van der Waals surface area contributed by atoms with Crippen LogP contribution in [0.25, 0.3) is 0 Å². The summed E-state index contributed by atoms with van der Waals surface area (Å²) in [6.45, 7) is -0.451. The van der Waals surface area contributed by atoms with Gasteiger partial charge in [-0.2, -0.15) is 5.26 Å². The number of aliphatic hydroxyl groups excluding tert-OH is 1. The summed E-state index contributed by atoms with van der Waals surface area (Å²) in [5, 5.41) is 17.3. The summed E-state index contributed by atoms with van der Waals surface area (Å²) in [7, 11) is 0. The molecule has 0 saturated carbocycles. The second kappa shape index (κ2) is 4.61. The maximum atomic E-state index is 12.4. The van der Waals surface area contributed by atoms with Crippen molar-refractivity contribution in [2.45, 2.75) is 13.0 Å². The van der Waals surface area contributed by atoms with E-state index in [1.165, 1.54) is 0 Å². The van der Waals surface area contributed by atoms with Gasteiger partial charge in [0.2, 0.25) is 0 Å². The number of rotatable bonds is 2. The third-order valence-corrected chi connectivity index (χ3v) is 2.80. The first-order valence-corrected chi connectivity index (χ1v) is 4.66. The summed E-state index contributed by atoms with van der Waals surface area (Å²) < 4.78 is 25.1. The maximum Gasteiger partial charge on any atom is 0.265 e. The van der Waals surface area contributed by atoms with Crippen LogP contribution in [0.1, 0.15) is 23.4 Å². The van der Waals surface area contributed by atoms with Crippen molar-refractivity contribution in [2.24, 2.45) is 0 Å². The Morgan fingerprint density at radius 2 is 2.29 bits per heavy atom. The highest BCUT2D eigenvalue weighted by molar-refractivity contribution is 14.1. The predicted molar refractivity (Wildman–Crippen MR) is 52.5 cm³/mol. The van der Waals surface area contributed by atoms with Gasteiger partial charge in [0.25, 0.3) is 6.43 Å². The van der Waals surface area contributed by atoms with E-state index in [1.807, 2.05) is 0 Å². The molecule has 0 fully saturated rings. The minimum absolute atomic E-state index is 0.107. The number of hydrogen-bond donors (Lipinski definition) is 1. The molecule has 0 aromatic carbocycles. The quantitative estimate of drug-likeness (QED) is 0.850. The van der Waals surface area contributed by atoms with E-state index in [9.17, 15) is 8.78 Å². The summed E-state index contributed by atoms with van der Waals surface area (Å²) in [4.78, 5) is 3.70. The van der Waals surface area contributed by atoms with Gasteiger partial charge in [-0.3, -0.25) is 0 Å². The van der Waals surface area contributed by atoms with Gasteiger partial charge in [-0.15, -0.1) is 0 Å². The minimum atomic E-state index is -2.66. The number of aliphatic hydroxyl groups is 1. The molecule has 0 radical (unpaired) electrons. The molecule has 6 heteroatoms. The van der Waals surface area contributed by atoms with Crippen molar-refractivity contribution in [3.63, 3.8) is 0 Å². The molecular weight excluding hydrogens is 305 g/mol. The fourth-order valence-corrected chi connectivity index (χ4v) is 1.61. The Balaban J connectivity index is 3.36. The number of halogens is 3. The molecule has 1 aromatic heterocycles. The lowest BCUT2D eigenvalue weighted by atomic mass is 10.2. The molecule has 0 bridgehead atoms. The Hall–Kier alpha value is -0.810. The van der Waals surface area contributed by atoms with Crippen molar-refractivity contribution in [1.29, 1.82) is 5.26 Å². The van der Waals surface area contributed by atoms with Crippen LogP contribution in [0.15, 0.2) is 6.07 Å². The van der Waals surface area contributed by atoms with Crippen LogP contribution in [0.2, 0.25) is 0 Å². The molecule has 0 aliphatic rings.